The smallest absolute Gasteiger partial charge is 0.198 e. The first-order chi connectivity index (χ1) is 10.2. The Morgan fingerprint density at radius 2 is 1.71 bits per heavy atom. The molecule has 0 aliphatic carbocycles. The molecule has 2 aromatic carbocycles. The Morgan fingerprint density at radius 3 is 2.38 bits per heavy atom. The van der Waals surface area contributed by atoms with Gasteiger partial charge in [0.25, 0.3) is 0 Å². The number of aromatic nitrogens is 2. The summed E-state index contributed by atoms with van der Waals surface area (Å²) in [6, 6.07) is 16.1. The van der Waals surface area contributed by atoms with E-state index >= 15 is 0 Å². The maximum Gasteiger partial charge on any atom is 0.198 e. The van der Waals surface area contributed by atoms with Crippen molar-refractivity contribution in [2.45, 2.75) is 0 Å². The van der Waals surface area contributed by atoms with Crippen molar-refractivity contribution in [1.82, 2.24) is 9.78 Å². The number of nitrogens with two attached hydrogens (primary N) is 1. The largest absolute Gasteiger partial charge is 0.383 e. The zero-order chi connectivity index (χ0) is 14.8. The van der Waals surface area contributed by atoms with Crippen molar-refractivity contribution in [3.8, 4) is 5.69 Å². The minimum Gasteiger partial charge on any atom is -0.383 e. The van der Waals surface area contributed by atoms with Gasteiger partial charge in [0.05, 0.1) is 17.4 Å². The number of carbonyl (C=O) groups excluding carboxylic acids is 1. The molecule has 0 aliphatic heterocycles. The minimum absolute atomic E-state index is 0.175. The number of ketones is 1. The van der Waals surface area contributed by atoms with E-state index in [1.807, 2.05) is 30.3 Å². The molecule has 3 aromatic rings. The number of para-hydroxylation sites is 1. The molecule has 0 bridgehead atoms. The summed E-state index contributed by atoms with van der Waals surface area (Å²) in [5.41, 5.74) is 7.77. The predicted molar refractivity (Wildman–Crippen MR) is 82.9 cm³/mol. The van der Waals surface area contributed by atoms with Gasteiger partial charge in [-0.05, 0) is 36.4 Å². The van der Waals surface area contributed by atoms with E-state index in [4.69, 9.17) is 17.3 Å². The fraction of sp³-hybridized carbons (Fsp3) is 0. The average Bonchev–Trinajstić information content (AvgIpc) is 2.90. The van der Waals surface area contributed by atoms with Gasteiger partial charge in [0.15, 0.2) is 5.78 Å². The number of nitrogens with zero attached hydrogens (tertiary/aromatic N) is 2. The minimum atomic E-state index is -0.175. The van der Waals surface area contributed by atoms with Crippen molar-refractivity contribution in [3.63, 3.8) is 0 Å². The molecule has 0 spiro atoms. The average molecular weight is 298 g/mol. The predicted octanol–water partition coefficient (Wildman–Crippen LogP) is 3.34. The van der Waals surface area contributed by atoms with Crippen LogP contribution in [0.4, 0.5) is 5.82 Å². The summed E-state index contributed by atoms with van der Waals surface area (Å²) in [5.74, 6) is 0.146. The first-order valence-electron chi connectivity index (χ1n) is 6.36. The number of halogens is 1. The third kappa shape index (κ3) is 2.53. The van der Waals surface area contributed by atoms with E-state index in [9.17, 15) is 4.79 Å². The fourth-order valence-corrected chi connectivity index (χ4v) is 2.19. The van der Waals surface area contributed by atoms with Crippen LogP contribution in [0.1, 0.15) is 15.9 Å². The number of anilines is 1. The van der Waals surface area contributed by atoms with Gasteiger partial charge in [-0.1, -0.05) is 29.8 Å². The zero-order valence-electron chi connectivity index (χ0n) is 11.0. The van der Waals surface area contributed by atoms with Crippen LogP contribution in [0.2, 0.25) is 5.02 Å². The molecule has 1 aromatic heterocycles. The molecule has 5 heteroatoms. The molecule has 0 saturated heterocycles. The molecule has 0 aliphatic rings. The van der Waals surface area contributed by atoms with E-state index in [0.717, 1.165) is 5.69 Å². The SMILES string of the molecule is Nc1c(C(=O)c2ccc(Cl)cc2)cnn1-c1ccccc1. The quantitative estimate of drug-likeness (QED) is 0.754. The van der Waals surface area contributed by atoms with E-state index in [1.165, 1.54) is 6.20 Å². The number of hydrogen-bond acceptors (Lipinski definition) is 3. The van der Waals surface area contributed by atoms with Crippen molar-refractivity contribution < 1.29 is 4.79 Å². The summed E-state index contributed by atoms with van der Waals surface area (Å²) in [6.45, 7) is 0. The number of benzene rings is 2. The van der Waals surface area contributed by atoms with Crippen LogP contribution in [0.5, 0.6) is 0 Å². The van der Waals surface area contributed by atoms with Crippen LogP contribution in [0.3, 0.4) is 0 Å². The van der Waals surface area contributed by atoms with Crippen molar-refractivity contribution in [1.29, 1.82) is 0 Å². The Balaban J connectivity index is 1.99. The molecule has 4 nitrogen and oxygen atoms in total. The van der Waals surface area contributed by atoms with E-state index in [0.29, 0.717) is 22.0 Å². The summed E-state index contributed by atoms with van der Waals surface area (Å²) in [5, 5.41) is 4.78. The molecule has 21 heavy (non-hydrogen) atoms. The number of rotatable bonds is 3. The lowest BCUT2D eigenvalue weighted by atomic mass is 10.1. The first kappa shape index (κ1) is 13.4. The highest BCUT2D eigenvalue weighted by Crippen LogP contribution is 2.21. The summed E-state index contributed by atoms with van der Waals surface area (Å²) in [4.78, 5) is 12.4. The lowest BCUT2D eigenvalue weighted by Crippen LogP contribution is -2.07. The molecule has 104 valence electrons. The van der Waals surface area contributed by atoms with Crippen molar-refractivity contribution in [3.05, 3.63) is 76.9 Å². The number of hydrogen-bond donors (Lipinski definition) is 1. The summed E-state index contributed by atoms with van der Waals surface area (Å²) in [6.07, 6.45) is 1.49. The van der Waals surface area contributed by atoms with Crippen LogP contribution in [-0.4, -0.2) is 15.6 Å². The maximum absolute atomic E-state index is 12.4. The molecule has 0 saturated carbocycles. The molecule has 0 atom stereocenters. The number of nitrogen functional groups attached to an aromatic ring is 1. The molecule has 0 unspecified atom stereocenters. The van der Waals surface area contributed by atoms with Crippen molar-refractivity contribution in [2.75, 3.05) is 5.73 Å². The lowest BCUT2D eigenvalue weighted by Gasteiger charge is -2.04. The van der Waals surface area contributed by atoms with Crippen molar-refractivity contribution in [2.24, 2.45) is 0 Å². The van der Waals surface area contributed by atoms with Crippen LogP contribution in [-0.2, 0) is 0 Å². The van der Waals surface area contributed by atoms with Gasteiger partial charge >= 0.3 is 0 Å². The van der Waals surface area contributed by atoms with Crippen LogP contribution in [0, 0.1) is 0 Å². The monoisotopic (exact) mass is 297 g/mol. The molecular formula is C16H12ClN3O. The van der Waals surface area contributed by atoms with E-state index < -0.39 is 0 Å². The Morgan fingerprint density at radius 1 is 1.05 bits per heavy atom. The normalized spacial score (nSPS) is 10.5. The molecule has 0 fully saturated rings. The van der Waals surface area contributed by atoms with Gasteiger partial charge in [-0.15, -0.1) is 0 Å². The highest BCUT2D eigenvalue weighted by Gasteiger charge is 2.17. The molecule has 2 N–H and O–H groups in total. The van der Waals surface area contributed by atoms with Gasteiger partial charge in [-0.2, -0.15) is 5.10 Å². The van der Waals surface area contributed by atoms with Crippen LogP contribution in [0.15, 0.2) is 60.8 Å². The van der Waals surface area contributed by atoms with Crippen LogP contribution < -0.4 is 5.73 Å². The van der Waals surface area contributed by atoms with Gasteiger partial charge in [0.1, 0.15) is 5.82 Å². The first-order valence-corrected chi connectivity index (χ1v) is 6.74. The summed E-state index contributed by atoms with van der Waals surface area (Å²) >= 11 is 5.83. The zero-order valence-corrected chi connectivity index (χ0v) is 11.8. The van der Waals surface area contributed by atoms with Gasteiger partial charge < -0.3 is 5.73 Å². The van der Waals surface area contributed by atoms with Crippen LogP contribution >= 0.6 is 11.6 Å². The maximum atomic E-state index is 12.4. The van der Waals surface area contributed by atoms with Gasteiger partial charge in [-0.3, -0.25) is 4.79 Å². The Kier molecular flexibility index (Phi) is 3.46. The second-order valence-corrected chi connectivity index (χ2v) is 4.96. The highest BCUT2D eigenvalue weighted by atomic mass is 35.5. The molecular weight excluding hydrogens is 286 g/mol. The Hall–Kier alpha value is -2.59. The third-order valence-corrected chi connectivity index (χ3v) is 3.41. The van der Waals surface area contributed by atoms with E-state index in [-0.39, 0.29) is 5.78 Å². The molecule has 3 rings (SSSR count). The summed E-state index contributed by atoms with van der Waals surface area (Å²) < 4.78 is 1.54. The standard InChI is InChI=1S/C16H12ClN3O/c17-12-8-6-11(7-9-12)15(21)14-10-19-20(16(14)18)13-4-2-1-3-5-13/h1-10H,18H2. The van der Waals surface area contributed by atoms with Crippen LogP contribution in [0.25, 0.3) is 5.69 Å². The highest BCUT2D eigenvalue weighted by molar-refractivity contribution is 6.30. The van der Waals surface area contributed by atoms with Gasteiger partial charge in [0, 0.05) is 10.6 Å². The Bertz CT molecular complexity index is 779. The Labute approximate surface area is 126 Å². The van der Waals surface area contributed by atoms with Crippen molar-refractivity contribution >= 4 is 23.2 Å². The molecule has 1 heterocycles. The van der Waals surface area contributed by atoms with Gasteiger partial charge in [-0.25, -0.2) is 4.68 Å². The van der Waals surface area contributed by atoms with Gasteiger partial charge in [0.2, 0.25) is 0 Å². The third-order valence-electron chi connectivity index (χ3n) is 3.16. The van der Waals surface area contributed by atoms with E-state index in [1.54, 1.807) is 28.9 Å². The molecule has 0 radical (unpaired) electrons. The second kappa shape index (κ2) is 5.42. The summed E-state index contributed by atoms with van der Waals surface area (Å²) in [7, 11) is 0. The fourth-order valence-electron chi connectivity index (χ4n) is 2.06. The number of carbonyl (C=O) groups is 1. The second-order valence-electron chi connectivity index (χ2n) is 4.53. The van der Waals surface area contributed by atoms with E-state index in [2.05, 4.69) is 5.10 Å². The molecule has 0 amide bonds. The lowest BCUT2D eigenvalue weighted by molar-refractivity contribution is 0.103. The topological polar surface area (TPSA) is 60.9 Å².